The summed E-state index contributed by atoms with van der Waals surface area (Å²) in [6, 6.07) is 17.4. The van der Waals surface area contributed by atoms with E-state index in [-0.39, 0.29) is 17.9 Å². The smallest absolute Gasteiger partial charge is 0.295 e. The van der Waals surface area contributed by atoms with Gasteiger partial charge in [-0.25, -0.2) is 0 Å². The summed E-state index contributed by atoms with van der Waals surface area (Å²) in [6.07, 6.45) is 5.81. The summed E-state index contributed by atoms with van der Waals surface area (Å²) in [5.74, 6) is -0.950. The van der Waals surface area contributed by atoms with E-state index in [1.54, 1.807) is 54.9 Å². The number of aliphatic hydroxyl groups excluding tert-OH is 1. The topological polar surface area (TPSA) is 79.7 Å². The Hall–Kier alpha value is -4.19. The Balaban J connectivity index is 1.78. The highest BCUT2D eigenvalue weighted by atomic mass is 16.5. The number of hydrogen-bond acceptors (Lipinski definition) is 5. The van der Waals surface area contributed by atoms with Crippen LogP contribution in [0.15, 0.2) is 91.3 Å². The number of ketones is 1. The molecule has 1 amide bonds. The lowest BCUT2D eigenvalue weighted by molar-refractivity contribution is -0.140. The molecule has 1 unspecified atom stereocenters. The second kappa shape index (κ2) is 10.2. The maximum Gasteiger partial charge on any atom is 0.295 e. The van der Waals surface area contributed by atoms with Crippen LogP contribution in [0.2, 0.25) is 0 Å². The van der Waals surface area contributed by atoms with Gasteiger partial charge < -0.3 is 14.7 Å². The van der Waals surface area contributed by atoms with Crippen molar-refractivity contribution in [1.82, 2.24) is 9.88 Å². The fourth-order valence-corrected chi connectivity index (χ4v) is 4.03. The summed E-state index contributed by atoms with van der Waals surface area (Å²) in [4.78, 5) is 31.8. The van der Waals surface area contributed by atoms with Gasteiger partial charge in [0.15, 0.2) is 0 Å². The minimum absolute atomic E-state index is 0.0723. The highest BCUT2D eigenvalue weighted by Gasteiger charge is 2.46. The van der Waals surface area contributed by atoms with E-state index in [2.05, 4.69) is 18.5 Å². The molecule has 34 heavy (non-hydrogen) atoms. The minimum Gasteiger partial charge on any atom is -0.507 e. The quantitative estimate of drug-likeness (QED) is 0.228. The minimum atomic E-state index is -0.712. The Kier molecular flexibility index (Phi) is 6.87. The molecule has 6 nitrogen and oxygen atoms in total. The molecule has 2 aromatic carbocycles. The van der Waals surface area contributed by atoms with Crippen molar-refractivity contribution >= 4 is 17.4 Å². The Bertz CT molecular complexity index is 1220. The predicted octanol–water partition coefficient (Wildman–Crippen LogP) is 4.83. The van der Waals surface area contributed by atoms with Gasteiger partial charge in [-0.15, -0.1) is 0 Å². The molecule has 4 rings (SSSR count). The number of carbonyl (C=O) groups is 2. The number of carbonyl (C=O) groups excluding carboxylic acids is 2. The van der Waals surface area contributed by atoms with Crippen molar-refractivity contribution in [3.63, 3.8) is 0 Å². The van der Waals surface area contributed by atoms with Gasteiger partial charge in [-0.3, -0.25) is 14.6 Å². The molecule has 1 aliphatic rings. The van der Waals surface area contributed by atoms with Gasteiger partial charge in [-0.2, -0.15) is 0 Å². The highest BCUT2D eigenvalue weighted by molar-refractivity contribution is 6.46. The van der Waals surface area contributed by atoms with Crippen LogP contribution in [0.25, 0.3) is 5.76 Å². The van der Waals surface area contributed by atoms with Gasteiger partial charge in [0.2, 0.25) is 0 Å². The molecule has 0 aliphatic carbocycles. The van der Waals surface area contributed by atoms with Gasteiger partial charge in [0, 0.05) is 24.5 Å². The molecule has 1 atom stereocenters. The normalized spacial score (nSPS) is 17.1. The summed E-state index contributed by atoms with van der Waals surface area (Å²) in [5, 5.41) is 11.2. The number of benzene rings is 2. The van der Waals surface area contributed by atoms with Gasteiger partial charge >= 0.3 is 0 Å². The molecule has 0 bridgehead atoms. The number of rotatable bonds is 8. The molecular weight excluding hydrogens is 428 g/mol. The first-order valence-corrected chi connectivity index (χ1v) is 11.1. The van der Waals surface area contributed by atoms with Crippen LogP contribution in [0, 0.1) is 0 Å². The lowest BCUT2D eigenvalue weighted by Crippen LogP contribution is -2.29. The van der Waals surface area contributed by atoms with Crippen LogP contribution in [0.1, 0.15) is 35.2 Å². The first kappa shape index (κ1) is 23.0. The summed E-state index contributed by atoms with van der Waals surface area (Å²) in [7, 11) is 0. The van der Waals surface area contributed by atoms with Crippen molar-refractivity contribution in [2.24, 2.45) is 0 Å². The number of pyridine rings is 1. The summed E-state index contributed by atoms with van der Waals surface area (Å²) >= 11 is 0. The number of likely N-dealkylation sites (tertiary alicyclic amines) is 1. The van der Waals surface area contributed by atoms with Crippen molar-refractivity contribution < 1.29 is 19.4 Å². The average molecular weight is 455 g/mol. The monoisotopic (exact) mass is 454 g/mol. The van der Waals surface area contributed by atoms with Gasteiger partial charge in [-0.05, 0) is 59.5 Å². The lowest BCUT2D eigenvalue weighted by atomic mass is 9.94. The number of nitrogens with zero attached hydrogens (tertiary/aromatic N) is 2. The molecule has 1 saturated heterocycles. The Morgan fingerprint density at radius 1 is 1.03 bits per heavy atom. The van der Waals surface area contributed by atoms with Gasteiger partial charge in [0.25, 0.3) is 11.7 Å². The van der Waals surface area contributed by atoms with Crippen molar-refractivity contribution in [1.29, 1.82) is 0 Å². The van der Waals surface area contributed by atoms with Crippen molar-refractivity contribution in [3.8, 4) is 5.75 Å². The van der Waals surface area contributed by atoms with Crippen LogP contribution >= 0.6 is 0 Å². The summed E-state index contributed by atoms with van der Waals surface area (Å²) in [5.41, 5.74) is 3.25. The third-order valence-corrected chi connectivity index (χ3v) is 5.84. The number of aromatic nitrogens is 1. The number of aryl methyl sites for hydroxylation is 1. The van der Waals surface area contributed by atoms with Crippen molar-refractivity contribution in [2.45, 2.75) is 25.9 Å². The fourth-order valence-electron chi connectivity index (χ4n) is 4.03. The molecule has 172 valence electrons. The van der Waals surface area contributed by atoms with Gasteiger partial charge in [-0.1, -0.05) is 43.8 Å². The van der Waals surface area contributed by atoms with Crippen LogP contribution in [-0.2, 0) is 22.6 Å². The van der Waals surface area contributed by atoms with E-state index in [1.165, 1.54) is 4.90 Å². The lowest BCUT2D eigenvalue weighted by Gasteiger charge is -2.25. The SMILES string of the molecule is C=CCOc1ccc(/C(O)=C2\C(=O)C(=O)N(Cc3ccncc3)C2c2ccc(CC)cc2)cc1. The largest absolute Gasteiger partial charge is 0.507 e. The van der Waals surface area contributed by atoms with E-state index in [4.69, 9.17) is 4.74 Å². The zero-order valence-electron chi connectivity index (χ0n) is 19.0. The second-order valence-electron chi connectivity index (χ2n) is 8.00. The molecule has 3 aromatic rings. The molecular formula is C28H26N2O4. The number of Topliss-reactive ketones (excluding diaryl/α,β-unsaturated/α-hetero) is 1. The third-order valence-electron chi connectivity index (χ3n) is 5.84. The highest BCUT2D eigenvalue weighted by Crippen LogP contribution is 2.40. The van der Waals surface area contributed by atoms with E-state index in [0.717, 1.165) is 23.1 Å². The van der Waals surface area contributed by atoms with Crippen molar-refractivity contribution in [3.05, 3.63) is 114 Å². The number of amides is 1. The zero-order valence-corrected chi connectivity index (χ0v) is 19.0. The summed E-state index contributed by atoms with van der Waals surface area (Å²) in [6.45, 7) is 6.27. The molecule has 1 N–H and O–H groups in total. The van der Waals surface area contributed by atoms with Gasteiger partial charge in [0.05, 0.1) is 11.6 Å². The Morgan fingerprint density at radius 2 is 1.71 bits per heavy atom. The van der Waals surface area contributed by atoms with Crippen LogP contribution in [0.5, 0.6) is 5.75 Å². The van der Waals surface area contributed by atoms with E-state index >= 15 is 0 Å². The van der Waals surface area contributed by atoms with Gasteiger partial charge in [0.1, 0.15) is 18.1 Å². The predicted molar refractivity (Wildman–Crippen MR) is 130 cm³/mol. The number of ether oxygens (including phenoxy) is 1. The molecule has 0 radical (unpaired) electrons. The molecule has 6 heteroatoms. The zero-order chi connectivity index (χ0) is 24.1. The van der Waals surface area contributed by atoms with Crippen LogP contribution in [0.3, 0.4) is 0 Å². The van der Waals surface area contributed by atoms with E-state index in [0.29, 0.717) is 17.9 Å². The van der Waals surface area contributed by atoms with E-state index in [9.17, 15) is 14.7 Å². The third kappa shape index (κ3) is 4.62. The molecule has 0 spiro atoms. The average Bonchev–Trinajstić information content (AvgIpc) is 3.13. The molecule has 1 aromatic heterocycles. The van der Waals surface area contributed by atoms with Crippen LogP contribution in [0.4, 0.5) is 0 Å². The number of hydrogen-bond donors (Lipinski definition) is 1. The maximum atomic E-state index is 13.2. The van der Waals surface area contributed by atoms with Crippen LogP contribution in [-0.4, -0.2) is 33.3 Å². The standard InChI is InChI=1S/C28H26N2O4/c1-3-17-34-23-11-9-22(10-12-23)26(31)24-25(21-7-5-19(4-2)6-8-21)30(28(33)27(24)32)18-20-13-15-29-16-14-20/h3,5-16,25,31H,1,4,17-18H2,2H3/b26-24+. The van der Waals surface area contributed by atoms with Crippen molar-refractivity contribution in [2.75, 3.05) is 6.61 Å². The molecule has 1 fully saturated rings. The first-order chi connectivity index (χ1) is 16.5. The number of aliphatic hydroxyl groups is 1. The fraction of sp³-hybridized carbons (Fsp3) is 0.179. The Morgan fingerprint density at radius 3 is 2.32 bits per heavy atom. The van der Waals surface area contributed by atoms with Crippen LogP contribution < -0.4 is 4.74 Å². The first-order valence-electron chi connectivity index (χ1n) is 11.1. The second-order valence-corrected chi connectivity index (χ2v) is 8.00. The summed E-state index contributed by atoms with van der Waals surface area (Å²) < 4.78 is 5.50. The van der Waals surface area contributed by atoms with E-state index < -0.39 is 17.7 Å². The molecule has 1 aliphatic heterocycles. The van der Waals surface area contributed by atoms with E-state index in [1.807, 2.05) is 24.3 Å². The Labute approximate surface area is 198 Å². The molecule has 0 saturated carbocycles. The maximum absolute atomic E-state index is 13.2. The molecule has 2 heterocycles.